The second-order valence-electron chi connectivity index (χ2n) is 4.93. The number of halogens is 3. The Morgan fingerprint density at radius 1 is 1.17 bits per heavy atom. The van der Waals surface area contributed by atoms with Crippen molar-refractivity contribution in [1.82, 2.24) is 19.7 Å². The SMILES string of the molecule is Cc1cc(Nc2nn(C)c(-c3ccc(F)cc3F)c2Cl)ncn1. The predicted octanol–water partition coefficient (Wildman–Crippen LogP) is 3.86. The maximum atomic E-state index is 14.0. The first-order valence-corrected chi connectivity index (χ1v) is 7.07. The first-order chi connectivity index (χ1) is 11.0. The minimum atomic E-state index is -0.709. The van der Waals surface area contributed by atoms with Crippen molar-refractivity contribution in [2.75, 3.05) is 5.32 Å². The van der Waals surface area contributed by atoms with Gasteiger partial charge in [-0.3, -0.25) is 4.68 Å². The predicted molar refractivity (Wildman–Crippen MR) is 83.6 cm³/mol. The van der Waals surface area contributed by atoms with Gasteiger partial charge in [0.15, 0.2) is 5.82 Å². The Kier molecular flexibility index (Phi) is 3.96. The van der Waals surface area contributed by atoms with Crippen LogP contribution in [0.3, 0.4) is 0 Å². The highest BCUT2D eigenvalue weighted by Crippen LogP contribution is 2.35. The van der Waals surface area contributed by atoms with Gasteiger partial charge in [0.2, 0.25) is 0 Å². The van der Waals surface area contributed by atoms with Crippen molar-refractivity contribution in [2.24, 2.45) is 7.05 Å². The van der Waals surface area contributed by atoms with Gasteiger partial charge in [-0.15, -0.1) is 0 Å². The molecule has 0 unspecified atom stereocenters. The van der Waals surface area contributed by atoms with E-state index in [1.54, 1.807) is 13.1 Å². The number of nitrogens with zero attached hydrogens (tertiary/aromatic N) is 4. The number of aromatic nitrogens is 4. The van der Waals surface area contributed by atoms with Gasteiger partial charge in [-0.25, -0.2) is 18.7 Å². The lowest BCUT2D eigenvalue weighted by Crippen LogP contribution is -1.98. The fraction of sp³-hybridized carbons (Fsp3) is 0.133. The van der Waals surface area contributed by atoms with E-state index in [1.807, 2.05) is 6.92 Å². The third kappa shape index (κ3) is 3.00. The molecule has 1 aromatic carbocycles. The lowest BCUT2D eigenvalue weighted by Gasteiger charge is -2.05. The van der Waals surface area contributed by atoms with E-state index in [4.69, 9.17) is 11.6 Å². The standard InChI is InChI=1S/C15H12ClF2N5/c1-8-5-12(20-7-19-8)21-15-13(16)14(23(2)22-15)10-4-3-9(17)6-11(10)18/h3-7H,1-2H3,(H,19,20,21,22). The number of hydrogen-bond donors (Lipinski definition) is 1. The fourth-order valence-electron chi connectivity index (χ4n) is 2.20. The highest BCUT2D eigenvalue weighted by atomic mass is 35.5. The van der Waals surface area contributed by atoms with Crippen LogP contribution in [-0.4, -0.2) is 19.7 Å². The second kappa shape index (κ2) is 5.92. The topological polar surface area (TPSA) is 55.6 Å². The van der Waals surface area contributed by atoms with Crippen molar-refractivity contribution in [3.63, 3.8) is 0 Å². The van der Waals surface area contributed by atoms with Crippen LogP contribution in [-0.2, 0) is 7.05 Å². The summed E-state index contributed by atoms with van der Waals surface area (Å²) in [6, 6.07) is 5.03. The molecule has 0 saturated heterocycles. The lowest BCUT2D eigenvalue weighted by molar-refractivity contribution is 0.584. The molecule has 0 spiro atoms. The van der Waals surface area contributed by atoms with E-state index in [1.165, 1.54) is 23.1 Å². The molecule has 8 heteroatoms. The zero-order chi connectivity index (χ0) is 16.6. The van der Waals surface area contributed by atoms with Crippen molar-refractivity contribution < 1.29 is 8.78 Å². The van der Waals surface area contributed by atoms with Gasteiger partial charge in [-0.05, 0) is 19.1 Å². The Hall–Kier alpha value is -2.54. The summed E-state index contributed by atoms with van der Waals surface area (Å²) in [6.45, 7) is 1.83. The van der Waals surface area contributed by atoms with Crippen LogP contribution in [0, 0.1) is 18.6 Å². The van der Waals surface area contributed by atoms with Crippen LogP contribution in [0.15, 0.2) is 30.6 Å². The maximum absolute atomic E-state index is 14.0. The number of nitrogens with one attached hydrogen (secondary N) is 1. The molecule has 2 heterocycles. The van der Waals surface area contributed by atoms with Gasteiger partial charge in [0, 0.05) is 30.4 Å². The first kappa shape index (κ1) is 15.4. The van der Waals surface area contributed by atoms with E-state index in [0.29, 0.717) is 17.3 Å². The van der Waals surface area contributed by atoms with E-state index in [-0.39, 0.29) is 10.6 Å². The first-order valence-electron chi connectivity index (χ1n) is 6.69. The summed E-state index contributed by atoms with van der Waals surface area (Å²) in [6.07, 6.45) is 1.41. The lowest BCUT2D eigenvalue weighted by atomic mass is 10.1. The molecule has 118 valence electrons. The van der Waals surface area contributed by atoms with E-state index in [9.17, 15) is 8.78 Å². The number of rotatable bonds is 3. The molecule has 0 atom stereocenters. The van der Waals surface area contributed by atoms with Crippen LogP contribution in [0.25, 0.3) is 11.3 Å². The van der Waals surface area contributed by atoms with Gasteiger partial charge >= 0.3 is 0 Å². The van der Waals surface area contributed by atoms with Gasteiger partial charge in [0.25, 0.3) is 0 Å². The molecule has 0 saturated carbocycles. The molecule has 2 aromatic heterocycles. The summed E-state index contributed by atoms with van der Waals surface area (Å²) >= 11 is 6.32. The molecule has 0 fully saturated rings. The second-order valence-corrected chi connectivity index (χ2v) is 5.31. The van der Waals surface area contributed by atoms with Crippen LogP contribution in [0.2, 0.25) is 5.02 Å². The smallest absolute Gasteiger partial charge is 0.173 e. The summed E-state index contributed by atoms with van der Waals surface area (Å²) < 4.78 is 28.5. The van der Waals surface area contributed by atoms with Crippen LogP contribution >= 0.6 is 11.6 Å². The molecule has 0 amide bonds. The number of anilines is 2. The number of hydrogen-bond acceptors (Lipinski definition) is 4. The molecule has 0 bridgehead atoms. The van der Waals surface area contributed by atoms with E-state index >= 15 is 0 Å². The van der Waals surface area contributed by atoms with E-state index in [2.05, 4.69) is 20.4 Å². The van der Waals surface area contributed by atoms with E-state index < -0.39 is 11.6 Å². The number of benzene rings is 1. The van der Waals surface area contributed by atoms with Crippen LogP contribution in [0.4, 0.5) is 20.4 Å². The fourth-order valence-corrected chi connectivity index (χ4v) is 2.51. The van der Waals surface area contributed by atoms with Crippen molar-refractivity contribution in [3.05, 3.63) is 52.9 Å². The summed E-state index contributed by atoms with van der Waals surface area (Å²) in [4.78, 5) is 8.06. The average Bonchev–Trinajstić information content (AvgIpc) is 2.74. The zero-order valence-corrected chi connectivity index (χ0v) is 13.1. The average molecular weight is 336 g/mol. The molecular formula is C15H12ClF2N5. The van der Waals surface area contributed by atoms with Gasteiger partial charge in [0.1, 0.15) is 28.8 Å². The molecule has 1 N–H and O–H groups in total. The summed E-state index contributed by atoms with van der Waals surface area (Å²) in [5.41, 5.74) is 1.29. The number of aryl methyl sites for hydroxylation is 2. The van der Waals surface area contributed by atoms with Gasteiger partial charge < -0.3 is 5.32 Å². The third-order valence-electron chi connectivity index (χ3n) is 3.23. The molecule has 0 aliphatic heterocycles. The Morgan fingerprint density at radius 2 is 1.96 bits per heavy atom. The highest BCUT2D eigenvalue weighted by Gasteiger charge is 2.19. The Balaban J connectivity index is 2.02. The summed E-state index contributed by atoms with van der Waals surface area (Å²) in [7, 11) is 1.63. The van der Waals surface area contributed by atoms with E-state index in [0.717, 1.165) is 11.8 Å². The van der Waals surface area contributed by atoms with Gasteiger partial charge in [-0.2, -0.15) is 5.10 Å². The normalized spacial score (nSPS) is 10.8. The van der Waals surface area contributed by atoms with Crippen molar-refractivity contribution in [1.29, 1.82) is 0 Å². The van der Waals surface area contributed by atoms with Gasteiger partial charge in [0.05, 0.1) is 5.69 Å². The van der Waals surface area contributed by atoms with Crippen molar-refractivity contribution in [2.45, 2.75) is 6.92 Å². The van der Waals surface area contributed by atoms with Crippen molar-refractivity contribution in [3.8, 4) is 11.3 Å². The highest BCUT2D eigenvalue weighted by molar-refractivity contribution is 6.35. The zero-order valence-electron chi connectivity index (χ0n) is 12.3. The molecular weight excluding hydrogens is 324 g/mol. The molecule has 5 nitrogen and oxygen atoms in total. The molecule has 23 heavy (non-hydrogen) atoms. The van der Waals surface area contributed by atoms with Crippen LogP contribution < -0.4 is 5.32 Å². The minimum Gasteiger partial charge on any atom is -0.322 e. The van der Waals surface area contributed by atoms with Crippen LogP contribution in [0.5, 0.6) is 0 Å². The Bertz CT molecular complexity index is 878. The third-order valence-corrected chi connectivity index (χ3v) is 3.58. The molecule has 3 aromatic rings. The van der Waals surface area contributed by atoms with Gasteiger partial charge in [-0.1, -0.05) is 11.6 Å². The maximum Gasteiger partial charge on any atom is 0.173 e. The molecule has 0 aliphatic carbocycles. The summed E-state index contributed by atoms with van der Waals surface area (Å²) in [5, 5.41) is 7.41. The Morgan fingerprint density at radius 3 is 2.65 bits per heavy atom. The summed E-state index contributed by atoms with van der Waals surface area (Å²) in [5.74, 6) is -0.520. The molecule has 3 rings (SSSR count). The monoisotopic (exact) mass is 335 g/mol. The quantitative estimate of drug-likeness (QED) is 0.789. The Labute approximate surface area is 136 Å². The van der Waals surface area contributed by atoms with Crippen molar-refractivity contribution >= 4 is 23.2 Å². The minimum absolute atomic E-state index is 0.165. The molecule has 0 radical (unpaired) electrons. The van der Waals surface area contributed by atoms with Crippen LogP contribution in [0.1, 0.15) is 5.69 Å². The molecule has 0 aliphatic rings. The largest absolute Gasteiger partial charge is 0.322 e.